The first-order valence-electron chi connectivity index (χ1n) is 31.4. The number of aromatic nitrogens is 2. The molecule has 13 aromatic carbocycles. The second kappa shape index (κ2) is 19.1. The average molecular weight is 1120 g/mol. The Hall–Kier alpha value is -9.28. The summed E-state index contributed by atoms with van der Waals surface area (Å²) in [6.45, 7) is 16.3. The van der Waals surface area contributed by atoms with E-state index in [1.807, 2.05) is 0 Å². The van der Waals surface area contributed by atoms with Crippen LogP contribution >= 0.6 is 0 Å². The van der Waals surface area contributed by atoms with Gasteiger partial charge in [0.2, 0.25) is 0 Å². The lowest BCUT2D eigenvalue weighted by Crippen LogP contribution is -2.74. The molecule has 4 aromatic heterocycles. The second-order valence-electron chi connectivity index (χ2n) is 26.2. The predicted molar refractivity (Wildman–Crippen MR) is 375 cm³/mol. The second-order valence-corrected chi connectivity index (χ2v) is 30.0. The Morgan fingerprint density at radius 2 is 0.581 bits per heavy atom. The zero-order valence-electron chi connectivity index (χ0n) is 50.1. The predicted octanol–water partition coefficient (Wildman–Crippen LogP) is 20.2. The minimum atomic E-state index is -2.89. The summed E-state index contributed by atoms with van der Waals surface area (Å²) in [7, 11) is -2.89. The normalized spacial score (nSPS) is 13.5. The molecule has 0 radical (unpaired) electrons. The van der Waals surface area contributed by atoms with E-state index in [9.17, 15) is 0 Å². The lowest BCUT2D eigenvalue weighted by molar-refractivity contribution is 0.574. The van der Waals surface area contributed by atoms with Gasteiger partial charge in [0.25, 0.3) is 0 Å². The highest BCUT2D eigenvalue weighted by molar-refractivity contribution is 7.20. The van der Waals surface area contributed by atoms with Crippen molar-refractivity contribution in [1.82, 2.24) is 8.80 Å². The maximum atomic E-state index is 2.61. The van der Waals surface area contributed by atoms with E-state index in [1.54, 1.807) is 0 Å². The molecule has 3 heteroatoms. The lowest BCUT2D eigenvalue weighted by Gasteiger charge is -2.34. The van der Waals surface area contributed by atoms with Gasteiger partial charge in [-0.3, -0.25) is 0 Å². The maximum absolute atomic E-state index is 2.89. The van der Waals surface area contributed by atoms with Gasteiger partial charge in [-0.05, 0) is 196 Å². The first-order chi connectivity index (χ1) is 42.0. The first kappa shape index (κ1) is 51.2. The molecule has 0 amide bonds. The van der Waals surface area contributed by atoms with Crippen molar-refractivity contribution in [2.45, 2.75) is 85.0 Å². The van der Waals surface area contributed by atoms with Crippen LogP contribution in [0.25, 0.3) is 119 Å². The fourth-order valence-corrected chi connectivity index (χ4v) is 20.5. The number of hydrogen-bond acceptors (Lipinski definition) is 0. The molecule has 0 fully saturated rings. The standard InChI is InChI=1S/C83H68N2Si/c1-49(2)54-25-29-58-43-78-70(39-62(58)35-54)74-33-51(5)34-75-71-41-64-37-56(27-31-60(64)45-79(71)84(78)82(74)75)52(6)23-24-53(7)57-28-32-61-46-81-73(42-65(61)38-57)77-48-69(47-76-72-40-63-36-55(50(3)4)26-30-59(63)44-80(72)85(81)83(76)77)86(66-17-11-8-12-18-66,67-19-13-9-14-20-67)68-21-15-10-16-22-68/h8-22,25-50,52-53H,23-24H2,1-7H3. The topological polar surface area (TPSA) is 8.82 Å². The van der Waals surface area contributed by atoms with E-state index in [2.05, 4.69) is 294 Å². The molecule has 414 valence electrons. The van der Waals surface area contributed by atoms with Crippen molar-refractivity contribution in [2.75, 3.05) is 0 Å². The van der Waals surface area contributed by atoms with Crippen molar-refractivity contribution in [3.8, 4) is 0 Å². The molecule has 17 rings (SSSR count). The Balaban J connectivity index is 0.753. The molecular formula is C83H68N2Si. The van der Waals surface area contributed by atoms with E-state index < -0.39 is 8.07 Å². The van der Waals surface area contributed by atoms with E-state index in [0.717, 1.165) is 12.8 Å². The minimum absolute atomic E-state index is 0.396. The molecule has 0 saturated heterocycles. The number of fused-ring (bicyclic) bond motifs is 16. The molecule has 2 unspecified atom stereocenters. The molecule has 0 spiro atoms. The molecule has 0 saturated carbocycles. The summed E-state index contributed by atoms with van der Waals surface area (Å²) in [5, 5.41) is 26.7. The summed E-state index contributed by atoms with van der Waals surface area (Å²) in [6, 6.07) is 92.8. The van der Waals surface area contributed by atoms with Gasteiger partial charge in [0.15, 0.2) is 8.07 Å². The Kier molecular flexibility index (Phi) is 11.4. The third-order valence-corrected chi connectivity index (χ3v) is 25.2. The molecule has 86 heavy (non-hydrogen) atoms. The molecule has 17 aromatic rings. The molecule has 0 aliphatic carbocycles. The van der Waals surface area contributed by atoms with Gasteiger partial charge >= 0.3 is 0 Å². The molecular weight excluding hydrogens is 1050 g/mol. The molecule has 0 aliphatic rings. The van der Waals surface area contributed by atoms with Crippen LogP contribution in [0.3, 0.4) is 0 Å². The molecule has 0 bridgehead atoms. The summed E-state index contributed by atoms with van der Waals surface area (Å²) >= 11 is 0. The van der Waals surface area contributed by atoms with Crippen LogP contribution in [0.2, 0.25) is 0 Å². The van der Waals surface area contributed by atoms with Crippen LogP contribution in [0.5, 0.6) is 0 Å². The Labute approximate surface area is 503 Å². The minimum Gasteiger partial charge on any atom is -0.308 e. The molecule has 0 N–H and O–H groups in total. The van der Waals surface area contributed by atoms with E-state index in [0.29, 0.717) is 23.7 Å². The van der Waals surface area contributed by atoms with Gasteiger partial charge in [0.1, 0.15) is 0 Å². The largest absolute Gasteiger partial charge is 0.308 e. The van der Waals surface area contributed by atoms with Crippen LogP contribution in [0.4, 0.5) is 0 Å². The van der Waals surface area contributed by atoms with E-state index in [-0.39, 0.29) is 0 Å². The van der Waals surface area contributed by atoms with Crippen LogP contribution in [0, 0.1) is 6.92 Å². The Morgan fingerprint density at radius 3 is 0.907 bits per heavy atom. The molecule has 4 heterocycles. The molecule has 0 aliphatic heterocycles. The quantitative estimate of drug-likeness (QED) is 0.0902. The summed E-state index contributed by atoms with van der Waals surface area (Å²) in [6.07, 6.45) is 2.22. The van der Waals surface area contributed by atoms with Crippen LogP contribution in [-0.2, 0) is 0 Å². The van der Waals surface area contributed by atoms with Crippen molar-refractivity contribution < 1.29 is 0 Å². The van der Waals surface area contributed by atoms with Crippen molar-refractivity contribution in [3.63, 3.8) is 0 Å². The Bertz CT molecular complexity index is 5480. The van der Waals surface area contributed by atoms with Crippen LogP contribution in [-0.4, -0.2) is 16.9 Å². The van der Waals surface area contributed by atoms with E-state index >= 15 is 0 Å². The highest BCUT2D eigenvalue weighted by Gasteiger charge is 2.42. The highest BCUT2D eigenvalue weighted by Crippen LogP contribution is 2.45. The van der Waals surface area contributed by atoms with Gasteiger partial charge in [0.05, 0.1) is 33.1 Å². The third-order valence-electron chi connectivity index (χ3n) is 20.4. The van der Waals surface area contributed by atoms with Crippen molar-refractivity contribution in [1.29, 1.82) is 0 Å². The van der Waals surface area contributed by atoms with Gasteiger partial charge in [-0.2, -0.15) is 0 Å². The lowest BCUT2D eigenvalue weighted by atomic mass is 9.87. The zero-order chi connectivity index (χ0) is 57.9. The smallest absolute Gasteiger partial charge is 0.179 e. The van der Waals surface area contributed by atoms with Crippen molar-refractivity contribution in [3.05, 3.63) is 264 Å². The summed E-state index contributed by atoms with van der Waals surface area (Å²) in [5.74, 6) is 1.76. The average Bonchev–Trinajstić information content (AvgIpc) is 1.53. The fourth-order valence-electron chi connectivity index (χ4n) is 15.7. The van der Waals surface area contributed by atoms with Gasteiger partial charge in [-0.1, -0.05) is 217 Å². The van der Waals surface area contributed by atoms with Crippen LogP contribution in [0.15, 0.2) is 237 Å². The SMILES string of the molecule is Cc1cc2c3cc4cc(C(C)C)ccc4cc3n3c4cc5ccc(C(C)CCC(C)c6ccc7cc8c(cc7c6)c6cc([Si](c7ccccc7)(c7ccccc7)c7ccccc7)cc7c9cc%10cc(C(C)C)ccc%10cc9n8c76)cc5cc4c(c1)c23. The van der Waals surface area contributed by atoms with Crippen LogP contribution in [0.1, 0.15) is 106 Å². The summed E-state index contributed by atoms with van der Waals surface area (Å²) < 4.78 is 5.16. The van der Waals surface area contributed by atoms with Crippen molar-refractivity contribution >= 4 is 148 Å². The monoisotopic (exact) mass is 1120 g/mol. The van der Waals surface area contributed by atoms with Gasteiger partial charge in [-0.25, -0.2) is 0 Å². The molecule has 2 nitrogen and oxygen atoms in total. The number of aryl methyl sites for hydroxylation is 1. The fraction of sp³-hybridized carbons (Fsp3) is 0.157. The number of rotatable bonds is 11. The number of hydrogen-bond donors (Lipinski definition) is 0. The van der Waals surface area contributed by atoms with E-state index in [1.165, 1.54) is 168 Å². The van der Waals surface area contributed by atoms with Gasteiger partial charge < -0.3 is 8.80 Å². The zero-order valence-corrected chi connectivity index (χ0v) is 51.1. The summed E-state index contributed by atoms with van der Waals surface area (Å²) in [4.78, 5) is 0. The molecule has 2 atom stereocenters. The van der Waals surface area contributed by atoms with Gasteiger partial charge in [-0.15, -0.1) is 0 Å². The number of nitrogens with zero attached hydrogens (tertiary/aromatic N) is 2. The van der Waals surface area contributed by atoms with Crippen molar-refractivity contribution in [2.24, 2.45) is 0 Å². The van der Waals surface area contributed by atoms with Gasteiger partial charge in [0, 0.05) is 43.1 Å². The first-order valence-corrected chi connectivity index (χ1v) is 33.4. The van der Waals surface area contributed by atoms with Crippen LogP contribution < -0.4 is 20.7 Å². The van der Waals surface area contributed by atoms with E-state index in [4.69, 9.17) is 0 Å². The summed E-state index contributed by atoms with van der Waals surface area (Å²) in [5.41, 5.74) is 14.7. The highest BCUT2D eigenvalue weighted by atomic mass is 28.3. The third kappa shape index (κ3) is 7.56. The maximum Gasteiger partial charge on any atom is 0.179 e. The number of benzene rings is 13. The Morgan fingerprint density at radius 1 is 0.279 bits per heavy atom.